The van der Waals surface area contributed by atoms with Crippen LogP contribution in [-0.4, -0.2) is 32.6 Å². The fourth-order valence-electron chi connectivity index (χ4n) is 3.00. The fraction of sp³-hybridized carbons (Fsp3) is 0.190. The molecule has 7 nitrogen and oxygen atoms in total. The molecule has 0 fully saturated rings. The summed E-state index contributed by atoms with van der Waals surface area (Å²) in [7, 11) is 0. The molecule has 154 valence electrons. The van der Waals surface area contributed by atoms with E-state index in [9.17, 15) is 5.11 Å². The minimum atomic E-state index is -0.586. The van der Waals surface area contributed by atoms with E-state index in [-0.39, 0.29) is 5.75 Å². The van der Waals surface area contributed by atoms with Gasteiger partial charge in [-0.2, -0.15) is 4.98 Å². The number of anilines is 1. The van der Waals surface area contributed by atoms with Gasteiger partial charge in [0.05, 0.1) is 11.1 Å². The van der Waals surface area contributed by atoms with E-state index in [4.69, 9.17) is 9.47 Å². The van der Waals surface area contributed by atoms with E-state index in [0.29, 0.717) is 39.3 Å². The molecule has 1 aromatic heterocycles. The number of thioether (sulfide) groups is 1. The number of benzene rings is 2. The number of ether oxygens (including phenoxy) is 2. The largest absolute Gasteiger partial charge is 0.503 e. The lowest BCUT2D eigenvalue weighted by Crippen LogP contribution is -2.17. The number of nitrogens with one attached hydrogen (secondary N) is 1. The maximum Gasteiger partial charge on any atom is 0.247 e. The van der Waals surface area contributed by atoms with Crippen LogP contribution in [0.5, 0.6) is 17.4 Å². The van der Waals surface area contributed by atoms with E-state index < -0.39 is 6.23 Å². The lowest BCUT2D eigenvalue weighted by molar-refractivity contribution is 0.224. The van der Waals surface area contributed by atoms with E-state index >= 15 is 0 Å². The summed E-state index contributed by atoms with van der Waals surface area (Å²) >= 11 is 4.82. The first-order chi connectivity index (χ1) is 14.6. The highest BCUT2D eigenvalue weighted by atomic mass is 79.9. The predicted octanol–water partition coefficient (Wildman–Crippen LogP) is 5.19. The summed E-state index contributed by atoms with van der Waals surface area (Å²) in [5.74, 6) is 1.46. The number of hydrogen-bond donors (Lipinski definition) is 2. The summed E-state index contributed by atoms with van der Waals surface area (Å²) in [5, 5.41) is 22.8. The Morgan fingerprint density at radius 1 is 1.33 bits per heavy atom. The second kappa shape index (κ2) is 8.93. The third kappa shape index (κ3) is 4.08. The van der Waals surface area contributed by atoms with Gasteiger partial charge in [-0.15, -0.1) is 16.8 Å². The highest BCUT2D eigenvalue weighted by molar-refractivity contribution is 9.10. The Hall–Kier alpha value is -2.78. The van der Waals surface area contributed by atoms with Crippen molar-refractivity contribution in [1.82, 2.24) is 15.2 Å². The molecule has 2 heterocycles. The van der Waals surface area contributed by atoms with Crippen molar-refractivity contribution in [1.29, 1.82) is 0 Å². The Morgan fingerprint density at radius 3 is 2.97 bits per heavy atom. The molecule has 0 radical (unpaired) electrons. The molecule has 1 aliphatic rings. The third-order valence-electron chi connectivity index (χ3n) is 4.32. The maximum absolute atomic E-state index is 10.3. The van der Waals surface area contributed by atoms with Gasteiger partial charge in [0.25, 0.3) is 0 Å². The van der Waals surface area contributed by atoms with Crippen molar-refractivity contribution in [3.63, 3.8) is 0 Å². The Morgan fingerprint density at radius 2 is 2.17 bits per heavy atom. The molecule has 0 aliphatic carbocycles. The molecule has 1 aliphatic heterocycles. The van der Waals surface area contributed by atoms with Gasteiger partial charge in [0.15, 0.2) is 23.4 Å². The highest BCUT2D eigenvalue weighted by Crippen LogP contribution is 2.42. The van der Waals surface area contributed by atoms with Crippen molar-refractivity contribution in [3.05, 3.63) is 59.1 Å². The van der Waals surface area contributed by atoms with Gasteiger partial charge < -0.3 is 19.9 Å². The minimum absolute atomic E-state index is 0.0436. The van der Waals surface area contributed by atoms with Gasteiger partial charge in [-0.1, -0.05) is 36.0 Å². The van der Waals surface area contributed by atoms with Gasteiger partial charge in [0, 0.05) is 22.6 Å². The molecule has 2 aromatic carbocycles. The summed E-state index contributed by atoms with van der Waals surface area (Å²) in [6.45, 7) is 6.01. The number of fused-ring (bicyclic) bond motifs is 3. The molecule has 3 aromatic rings. The Labute approximate surface area is 186 Å². The van der Waals surface area contributed by atoms with Crippen molar-refractivity contribution in [2.75, 3.05) is 17.7 Å². The van der Waals surface area contributed by atoms with Crippen molar-refractivity contribution in [2.45, 2.75) is 18.3 Å². The van der Waals surface area contributed by atoms with E-state index in [0.717, 1.165) is 16.8 Å². The van der Waals surface area contributed by atoms with Crippen LogP contribution in [0.2, 0.25) is 0 Å². The Kier molecular flexibility index (Phi) is 6.10. The zero-order valence-electron chi connectivity index (χ0n) is 16.1. The number of aromatic hydroxyl groups is 1. The van der Waals surface area contributed by atoms with Gasteiger partial charge in [0.1, 0.15) is 0 Å². The van der Waals surface area contributed by atoms with Crippen LogP contribution < -0.4 is 14.8 Å². The number of phenols is 1. The maximum atomic E-state index is 10.3. The summed E-state index contributed by atoms with van der Waals surface area (Å²) in [6, 6.07) is 11.3. The zero-order valence-corrected chi connectivity index (χ0v) is 18.5. The normalized spacial score (nSPS) is 14.5. The number of halogens is 1. The number of hydrogen-bond acceptors (Lipinski definition) is 8. The van der Waals surface area contributed by atoms with E-state index in [2.05, 4.69) is 43.0 Å². The number of para-hydroxylation sites is 1. The van der Waals surface area contributed by atoms with Crippen LogP contribution in [0.15, 0.2) is 58.7 Å². The Bertz CT molecular complexity index is 1100. The lowest BCUT2D eigenvalue weighted by Gasteiger charge is -2.21. The third-order valence-corrected chi connectivity index (χ3v) is 5.76. The average Bonchev–Trinajstić information content (AvgIpc) is 2.92. The van der Waals surface area contributed by atoms with Crippen molar-refractivity contribution >= 4 is 33.4 Å². The highest BCUT2D eigenvalue weighted by Gasteiger charge is 2.27. The van der Waals surface area contributed by atoms with Gasteiger partial charge in [-0.05, 0) is 41.1 Å². The second-order valence-corrected chi connectivity index (χ2v) is 8.16. The quantitative estimate of drug-likeness (QED) is 0.363. The number of phenolic OH excluding ortho intramolecular Hbond substituents is 1. The summed E-state index contributed by atoms with van der Waals surface area (Å²) < 4.78 is 12.3. The minimum Gasteiger partial charge on any atom is -0.503 e. The zero-order chi connectivity index (χ0) is 21.1. The predicted molar refractivity (Wildman–Crippen MR) is 120 cm³/mol. The average molecular weight is 487 g/mol. The number of aromatic nitrogens is 3. The molecule has 0 unspecified atom stereocenters. The fourth-order valence-corrected chi connectivity index (χ4v) is 3.98. The van der Waals surface area contributed by atoms with Crippen LogP contribution in [-0.2, 0) is 0 Å². The Balaban J connectivity index is 1.80. The number of nitrogens with zero attached hydrogens (tertiary/aromatic N) is 3. The van der Waals surface area contributed by atoms with Gasteiger partial charge >= 0.3 is 0 Å². The van der Waals surface area contributed by atoms with E-state index in [1.807, 2.05) is 31.2 Å². The standard InChI is InChI=1S/C21H19BrN4O3S/c1-3-9-30-21-24-20-17(25-26-21)13-7-5-6-8-15(13)23-19(29-20)12-10-14(22)18(27)16(11-12)28-4-2/h3,5-8,10-11,19,23,27H,1,4,9H2,2H3/t19-/m1/s1. The first-order valence-electron chi connectivity index (χ1n) is 9.27. The van der Waals surface area contributed by atoms with Crippen LogP contribution in [0.1, 0.15) is 18.7 Å². The lowest BCUT2D eigenvalue weighted by atomic mass is 10.1. The first-order valence-corrected chi connectivity index (χ1v) is 11.0. The molecule has 0 saturated heterocycles. The molecule has 2 N–H and O–H groups in total. The van der Waals surface area contributed by atoms with Crippen LogP contribution in [0.3, 0.4) is 0 Å². The molecule has 0 amide bonds. The van der Waals surface area contributed by atoms with Crippen LogP contribution in [0, 0.1) is 0 Å². The van der Waals surface area contributed by atoms with Crippen molar-refractivity contribution in [2.24, 2.45) is 0 Å². The molecular formula is C21H19BrN4O3S. The van der Waals surface area contributed by atoms with Gasteiger partial charge in [-0.25, -0.2) is 0 Å². The number of rotatable bonds is 6. The van der Waals surface area contributed by atoms with Crippen LogP contribution in [0.4, 0.5) is 5.69 Å². The molecule has 4 rings (SSSR count). The monoisotopic (exact) mass is 486 g/mol. The van der Waals surface area contributed by atoms with Gasteiger partial charge in [0.2, 0.25) is 11.0 Å². The smallest absolute Gasteiger partial charge is 0.247 e. The molecular weight excluding hydrogens is 468 g/mol. The summed E-state index contributed by atoms with van der Waals surface area (Å²) in [6.07, 6.45) is 1.20. The molecule has 0 saturated carbocycles. The first kappa shape index (κ1) is 20.5. The molecule has 1 atom stereocenters. The van der Waals surface area contributed by atoms with E-state index in [1.54, 1.807) is 18.2 Å². The van der Waals surface area contributed by atoms with Crippen molar-refractivity contribution < 1.29 is 14.6 Å². The SMILES string of the molecule is C=CCSc1nnc2c(n1)O[C@H](c1cc(Br)c(O)c(OCC)c1)Nc1ccccc1-2. The van der Waals surface area contributed by atoms with E-state index in [1.165, 1.54) is 11.8 Å². The summed E-state index contributed by atoms with van der Waals surface area (Å²) in [4.78, 5) is 4.57. The topological polar surface area (TPSA) is 89.4 Å². The second-order valence-electron chi connectivity index (χ2n) is 6.32. The van der Waals surface area contributed by atoms with Gasteiger partial charge in [-0.3, -0.25) is 0 Å². The summed E-state index contributed by atoms with van der Waals surface area (Å²) in [5.41, 5.74) is 3.00. The molecule has 30 heavy (non-hydrogen) atoms. The molecule has 0 bridgehead atoms. The molecule has 0 spiro atoms. The van der Waals surface area contributed by atoms with Crippen molar-refractivity contribution in [3.8, 4) is 28.6 Å². The van der Waals surface area contributed by atoms with Crippen LogP contribution >= 0.6 is 27.7 Å². The van der Waals surface area contributed by atoms with Crippen LogP contribution in [0.25, 0.3) is 11.3 Å². The molecule has 9 heteroatoms.